The SMILES string of the molecule is CCOc1ccc(NC(=O)C2CCN(Cc3nc(-c4ccc(OC)c(OC)c4)no3)CC2)cc1. The monoisotopic (exact) mass is 466 g/mol. The number of anilines is 1. The second-order valence-electron chi connectivity index (χ2n) is 8.08. The van der Waals surface area contributed by atoms with Gasteiger partial charge in [-0.1, -0.05) is 5.16 Å². The lowest BCUT2D eigenvalue weighted by Gasteiger charge is -2.30. The van der Waals surface area contributed by atoms with Gasteiger partial charge in [0.1, 0.15) is 5.75 Å². The molecular weight excluding hydrogens is 436 g/mol. The number of carbonyl (C=O) groups excluding carboxylic acids is 1. The third-order valence-corrected chi connectivity index (χ3v) is 5.86. The van der Waals surface area contributed by atoms with Gasteiger partial charge in [-0.15, -0.1) is 0 Å². The molecule has 0 spiro atoms. The van der Waals surface area contributed by atoms with Crippen molar-refractivity contribution in [2.45, 2.75) is 26.3 Å². The van der Waals surface area contributed by atoms with Crippen LogP contribution in [0.5, 0.6) is 17.2 Å². The van der Waals surface area contributed by atoms with E-state index in [0.717, 1.165) is 42.9 Å². The molecule has 1 aliphatic heterocycles. The van der Waals surface area contributed by atoms with Crippen molar-refractivity contribution in [3.8, 4) is 28.6 Å². The molecule has 2 heterocycles. The molecule has 0 atom stereocenters. The number of likely N-dealkylation sites (tertiary alicyclic amines) is 1. The Morgan fingerprint density at radius 3 is 2.50 bits per heavy atom. The van der Waals surface area contributed by atoms with Crippen molar-refractivity contribution in [1.82, 2.24) is 15.0 Å². The normalized spacial score (nSPS) is 14.6. The Bertz CT molecular complexity index is 1090. The Morgan fingerprint density at radius 1 is 1.09 bits per heavy atom. The number of carbonyl (C=O) groups is 1. The lowest BCUT2D eigenvalue weighted by Crippen LogP contribution is -2.37. The lowest BCUT2D eigenvalue weighted by atomic mass is 9.96. The maximum absolute atomic E-state index is 12.7. The van der Waals surface area contributed by atoms with E-state index in [1.165, 1.54) is 0 Å². The van der Waals surface area contributed by atoms with Gasteiger partial charge in [-0.2, -0.15) is 4.98 Å². The van der Waals surface area contributed by atoms with Crippen molar-refractivity contribution in [1.29, 1.82) is 0 Å². The average Bonchev–Trinajstić information content (AvgIpc) is 3.33. The molecule has 3 aromatic rings. The fourth-order valence-corrected chi connectivity index (χ4v) is 4.00. The van der Waals surface area contributed by atoms with Gasteiger partial charge in [0.2, 0.25) is 17.6 Å². The van der Waals surface area contributed by atoms with Crippen LogP contribution in [0, 0.1) is 5.92 Å². The van der Waals surface area contributed by atoms with Crippen molar-refractivity contribution in [2.75, 3.05) is 39.2 Å². The fourth-order valence-electron chi connectivity index (χ4n) is 4.00. The highest BCUT2D eigenvalue weighted by atomic mass is 16.5. The van der Waals surface area contributed by atoms with Gasteiger partial charge in [-0.3, -0.25) is 9.69 Å². The van der Waals surface area contributed by atoms with Crippen LogP contribution in [0.3, 0.4) is 0 Å². The molecule has 4 rings (SSSR count). The molecule has 9 nitrogen and oxygen atoms in total. The molecule has 180 valence electrons. The van der Waals surface area contributed by atoms with Gasteiger partial charge in [-0.05, 0) is 75.3 Å². The summed E-state index contributed by atoms with van der Waals surface area (Å²) in [6, 6.07) is 13.0. The van der Waals surface area contributed by atoms with Gasteiger partial charge in [0.25, 0.3) is 0 Å². The molecule has 1 aromatic heterocycles. The minimum atomic E-state index is -0.0205. The number of nitrogens with one attached hydrogen (secondary N) is 1. The number of ether oxygens (including phenoxy) is 3. The van der Waals surface area contributed by atoms with Crippen molar-refractivity contribution in [2.24, 2.45) is 5.92 Å². The average molecular weight is 467 g/mol. The van der Waals surface area contributed by atoms with Crippen LogP contribution in [0.25, 0.3) is 11.4 Å². The van der Waals surface area contributed by atoms with Crippen molar-refractivity contribution >= 4 is 11.6 Å². The van der Waals surface area contributed by atoms with E-state index in [4.69, 9.17) is 18.7 Å². The summed E-state index contributed by atoms with van der Waals surface area (Å²) in [5.41, 5.74) is 1.57. The fraction of sp³-hybridized carbons (Fsp3) is 0.400. The number of amides is 1. The van der Waals surface area contributed by atoms with Crippen LogP contribution >= 0.6 is 0 Å². The Morgan fingerprint density at radius 2 is 1.82 bits per heavy atom. The second kappa shape index (κ2) is 11.0. The smallest absolute Gasteiger partial charge is 0.241 e. The van der Waals surface area contributed by atoms with Crippen LogP contribution in [0.2, 0.25) is 0 Å². The molecule has 0 saturated carbocycles. The van der Waals surface area contributed by atoms with Crippen LogP contribution in [-0.4, -0.2) is 54.9 Å². The second-order valence-corrected chi connectivity index (χ2v) is 8.08. The highest BCUT2D eigenvalue weighted by Crippen LogP contribution is 2.31. The topological polar surface area (TPSA) is 99.0 Å². The van der Waals surface area contributed by atoms with Gasteiger partial charge in [0.05, 0.1) is 27.4 Å². The Labute approximate surface area is 199 Å². The number of hydrogen-bond donors (Lipinski definition) is 1. The number of rotatable bonds is 9. The van der Waals surface area contributed by atoms with Crippen LogP contribution < -0.4 is 19.5 Å². The number of nitrogens with zero attached hydrogens (tertiary/aromatic N) is 3. The largest absolute Gasteiger partial charge is 0.494 e. The van der Waals surface area contributed by atoms with E-state index in [1.807, 2.05) is 49.4 Å². The standard InChI is InChI=1S/C25H30N4O5/c1-4-33-20-8-6-19(7-9-20)26-25(30)17-11-13-29(14-12-17)16-23-27-24(28-34-23)18-5-10-21(31-2)22(15-18)32-3/h5-10,15,17H,4,11-14,16H2,1-3H3,(H,26,30). The zero-order valence-electron chi connectivity index (χ0n) is 19.7. The Balaban J connectivity index is 1.28. The van der Waals surface area contributed by atoms with Gasteiger partial charge >= 0.3 is 0 Å². The third-order valence-electron chi connectivity index (χ3n) is 5.86. The zero-order valence-corrected chi connectivity index (χ0v) is 19.7. The number of aromatic nitrogens is 2. The van der Waals surface area contributed by atoms with Crippen molar-refractivity contribution < 1.29 is 23.5 Å². The van der Waals surface area contributed by atoms with E-state index < -0.39 is 0 Å². The van der Waals surface area contributed by atoms with Crippen molar-refractivity contribution in [3.63, 3.8) is 0 Å². The highest BCUT2D eigenvalue weighted by molar-refractivity contribution is 5.92. The maximum atomic E-state index is 12.7. The van der Waals surface area contributed by atoms with Crippen molar-refractivity contribution in [3.05, 3.63) is 48.4 Å². The number of methoxy groups -OCH3 is 2. The van der Waals surface area contributed by atoms with Crippen LogP contribution in [-0.2, 0) is 11.3 Å². The number of hydrogen-bond acceptors (Lipinski definition) is 8. The summed E-state index contributed by atoms with van der Waals surface area (Å²) >= 11 is 0. The van der Waals surface area contributed by atoms with Crippen LogP contribution in [0.4, 0.5) is 5.69 Å². The summed E-state index contributed by atoms with van der Waals surface area (Å²) in [5.74, 6) is 3.12. The Kier molecular flexibility index (Phi) is 7.64. The molecule has 0 aliphatic carbocycles. The molecule has 1 amide bonds. The van der Waals surface area contributed by atoms with Gasteiger partial charge in [0.15, 0.2) is 11.5 Å². The molecule has 0 radical (unpaired) electrons. The lowest BCUT2D eigenvalue weighted by molar-refractivity contribution is -0.121. The minimum Gasteiger partial charge on any atom is -0.494 e. The molecule has 34 heavy (non-hydrogen) atoms. The molecule has 1 N–H and O–H groups in total. The van der Waals surface area contributed by atoms with E-state index in [2.05, 4.69) is 20.4 Å². The first-order chi connectivity index (χ1) is 16.6. The highest BCUT2D eigenvalue weighted by Gasteiger charge is 2.26. The first kappa shape index (κ1) is 23.6. The summed E-state index contributed by atoms with van der Waals surface area (Å²) in [5, 5.41) is 7.12. The molecule has 1 saturated heterocycles. The molecular formula is C25H30N4O5. The predicted octanol–water partition coefficient (Wildman–Crippen LogP) is 4.00. The Hall–Kier alpha value is -3.59. The molecule has 0 bridgehead atoms. The van der Waals surface area contributed by atoms with Gasteiger partial charge in [-0.25, -0.2) is 0 Å². The quantitative estimate of drug-likeness (QED) is 0.505. The molecule has 1 fully saturated rings. The van der Waals surface area contributed by atoms with E-state index >= 15 is 0 Å². The maximum Gasteiger partial charge on any atom is 0.241 e. The number of piperidine rings is 1. The summed E-state index contributed by atoms with van der Waals surface area (Å²) in [4.78, 5) is 19.4. The summed E-state index contributed by atoms with van der Waals surface area (Å²) < 4.78 is 21.5. The van der Waals surface area contributed by atoms with Crippen LogP contribution in [0.1, 0.15) is 25.7 Å². The predicted molar refractivity (Wildman–Crippen MR) is 127 cm³/mol. The first-order valence-electron chi connectivity index (χ1n) is 11.4. The van der Waals surface area contributed by atoms with E-state index in [1.54, 1.807) is 14.2 Å². The molecule has 1 aliphatic rings. The van der Waals surface area contributed by atoms with Gasteiger partial charge in [0, 0.05) is 17.2 Å². The third kappa shape index (κ3) is 5.66. The summed E-state index contributed by atoms with van der Waals surface area (Å²) in [6.07, 6.45) is 1.55. The first-order valence-corrected chi connectivity index (χ1v) is 11.4. The molecule has 2 aromatic carbocycles. The summed E-state index contributed by atoms with van der Waals surface area (Å²) in [7, 11) is 3.18. The van der Waals surface area contributed by atoms with E-state index in [0.29, 0.717) is 36.4 Å². The molecule has 9 heteroatoms. The minimum absolute atomic E-state index is 0.0205. The van der Waals surface area contributed by atoms with E-state index in [9.17, 15) is 4.79 Å². The summed E-state index contributed by atoms with van der Waals surface area (Å²) in [6.45, 7) is 4.68. The zero-order chi connectivity index (χ0) is 23.9. The van der Waals surface area contributed by atoms with E-state index in [-0.39, 0.29) is 11.8 Å². The van der Waals surface area contributed by atoms with Gasteiger partial charge < -0.3 is 24.1 Å². The molecule has 0 unspecified atom stereocenters. The number of benzene rings is 2. The van der Waals surface area contributed by atoms with Crippen LogP contribution in [0.15, 0.2) is 47.0 Å².